The van der Waals surface area contributed by atoms with Gasteiger partial charge in [0.15, 0.2) is 0 Å². The lowest BCUT2D eigenvalue weighted by Crippen LogP contribution is -2.29. The molecule has 4 rings (SSSR count). The zero-order valence-corrected chi connectivity index (χ0v) is 16.4. The first kappa shape index (κ1) is 21.2. The molecule has 164 valence electrons. The molecule has 0 aromatic heterocycles. The van der Waals surface area contributed by atoms with Gasteiger partial charge in [0.2, 0.25) is 0 Å². The van der Waals surface area contributed by atoms with Crippen LogP contribution in [0.5, 0.6) is 11.5 Å². The molecule has 2 N–H and O–H groups in total. The largest absolute Gasteiger partial charge is 0.478 e. The number of hydrogen-bond donors (Lipinski definition) is 2. The summed E-state index contributed by atoms with van der Waals surface area (Å²) in [6.45, 7) is 0. The molecule has 0 spiro atoms. The van der Waals surface area contributed by atoms with Gasteiger partial charge in [0.05, 0.1) is 32.9 Å². The number of nitro groups is 1. The molecular formula is C22H12N2O9. The first-order valence-corrected chi connectivity index (χ1v) is 9.22. The summed E-state index contributed by atoms with van der Waals surface area (Å²) in [6, 6.07) is 12.3. The van der Waals surface area contributed by atoms with Gasteiger partial charge in [-0.05, 0) is 48.5 Å². The van der Waals surface area contributed by atoms with E-state index in [2.05, 4.69) is 0 Å². The van der Waals surface area contributed by atoms with Crippen molar-refractivity contribution in [2.45, 2.75) is 0 Å². The van der Waals surface area contributed by atoms with Gasteiger partial charge in [0.1, 0.15) is 11.5 Å². The SMILES string of the molecule is O=C(O)c1cc(C(=O)O)cc(N2C(=O)c3ccc(Oc4ccc([N+](=O)[O-])cc4)cc3C2=O)c1. The van der Waals surface area contributed by atoms with Gasteiger partial charge in [-0.15, -0.1) is 0 Å². The Kier molecular flexibility index (Phi) is 5.06. The maximum atomic E-state index is 13.0. The fourth-order valence-electron chi connectivity index (χ4n) is 3.28. The van der Waals surface area contributed by atoms with Gasteiger partial charge in [-0.1, -0.05) is 0 Å². The average molecular weight is 448 g/mol. The predicted octanol–water partition coefficient (Wildman–Crippen LogP) is 3.58. The molecule has 11 nitrogen and oxygen atoms in total. The second kappa shape index (κ2) is 7.89. The Morgan fingerprint density at radius 2 is 1.33 bits per heavy atom. The van der Waals surface area contributed by atoms with E-state index >= 15 is 0 Å². The van der Waals surface area contributed by atoms with E-state index in [9.17, 15) is 39.5 Å². The zero-order valence-electron chi connectivity index (χ0n) is 16.4. The van der Waals surface area contributed by atoms with Gasteiger partial charge in [-0.3, -0.25) is 19.7 Å². The summed E-state index contributed by atoms with van der Waals surface area (Å²) in [7, 11) is 0. The number of hydrogen-bond acceptors (Lipinski definition) is 7. The Morgan fingerprint density at radius 1 is 0.788 bits per heavy atom. The number of imide groups is 1. The van der Waals surface area contributed by atoms with Crippen LogP contribution in [-0.4, -0.2) is 38.9 Å². The van der Waals surface area contributed by atoms with E-state index in [1.54, 1.807) is 0 Å². The van der Waals surface area contributed by atoms with Crippen molar-refractivity contribution in [2.24, 2.45) is 0 Å². The second-order valence-electron chi connectivity index (χ2n) is 6.89. The van der Waals surface area contributed by atoms with Crippen LogP contribution in [0.4, 0.5) is 11.4 Å². The molecule has 33 heavy (non-hydrogen) atoms. The molecule has 2 amide bonds. The number of non-ortho nitro benzene ring substituents is 1. The Bertz CT molecular complexity index is 1330. The van der Waals surface area contributed by atoms with Crippen LogP contribution in [0, 0.1) is 10.1 Å². The Morgan fingerprint density at radius 3 is 1.88 bits per heavy atom. The van der Waals surface area contributed by atoms with Crippen molar-refractivity contribution in [3.8, 4) is 11.5 Å². The fourth-order valence-corrected chi connectivity index (χ4v) is 3.28. The Labute approximate surface area is 184 Å². The van der Waals surface area contributed by atoms with Crippen molar-refractivity contribution in [1.29, 1.82) is 0 Å². The first-order valence-electron chi connectivity index (χ1n) is 9.22. The van der Waals surface area contributed by atoms with Crippen LogP contribution < -0.4 is 9.64 Å². The van der Waals surface area contributed by atoms with Gasteiger partial charge >= 0.3 is 11.9 Å². The molecule has 0 bridgehead atoms. The van der Waals surface area contributed by atoms with Gasteiger partial charge in [-0.2, -0.15) is 0 Å². The van der Waals surface area contributed by atoms with E-state index in [1.165, 1.54) is 42.5 Å². The van der Waals surface area contributed by atoms with Crippen LogP contribution in [0.3, 0.4) is 0 Å². The maximum Gasteiger partial charge on any atom is 0.335 e. The number of aromatic carboxylic acids is 2. The van der Waals surface area contributed by atoms with E-state index in [0.29, 0.717) is 4.90 Å². The molecule has 1 aliphatic heterocycles. The van der Waals surface area contributed by atoms with Crippen LogP contribution >= 0.6 is 0 Å². The number of benzene rings is 3. The first-order chi connectivity index (χ1) is 15.7. The number of carbonyl (C=O) groups excluding carboxylic acids is 2. The minimum Gasteiger partial charge on any atom is -0.478 e. The zero-order chi connectivity index (χ0) is 23.9. The highest BCUT2D eigenvalue weighted by atomic mass is 16.6. The molecule has 0 unspecified atom stereocenters. The number of carbonyl (C=O) groups is 4. The van der Waals surface area contributed by atoms with Crippen LogP contribution in [0.1, 0.15) is 41.4 Å². The van der Waals surface area contributed by atoms with Gasteiger partial charge in [0.25, 0.3) is 17.5 Å². The Balaban J connectivity index is 1.67. The molecule has 3 aromatic rings. The lowest BCUT2D eigenvalue weighted by Gasteiger charge is -2.15. The number of nitrogens with zero attached hydrogens (tertiary/aromatic N) is 2. The number of carboxylic acids is 2. The maximum absolute atomic E-state index is 13.0. The summed E-state index contributed by atoms with van der Waals surface area (Å²) in [6.07, 6.45) is 0. The normalized spacial score (nSPS) is 12.4. The van der Waals surface area contributed by atoms with Crippen molar-refractivity contribution < 1.29 is 39.1 Å². The number of ether oxygens (including phenoxy) is 1. The molecule has 0 aliphatic carbocycles. The minimum atomic E-state index is -1.42. The molecule has 3 aromatic carbocycles. The number of fused-ring (bicyclic) bond motifs is 1. The Hall–Kier alpha value is -5.06. The summed E-state index contributed by atoms with van der Waals surface area (Å²) in [5.74, 6) is -3.95. The quantitative estimate of drug-likeness (QED) is 0.326. The van der Waals surface area contributed by atoms with Crippen molar-refractivity contribution in [3.63, 3.8) is 0 Å². The smallest absolute Gasteiger partial charge is 0.335 e. The molecule has 0 saturated heterocycles. The van der Waals surface area contributed by atoms with Crippen molar-refractivity contribution in [3.05, 3.63) is 93.0 Å². The third-order valence-electron chi connectivity index (χ3n) is 4.81. The molecule has 1 aliphatic rings. The number of nitro benzene ring substituents is 1. The van der Waals surface area contributed by atoms with Crippen LogP contribution in [0.15, 0.2) is 60.7 Å². The van der Waals surface area contributed by atoms with E-state index in [-0.39, 0.29) is 34.0 Å². The van der Waals surface area contributed by atoms with Crippen molar-refractivity contribution in [1.82, 2.24) is 0 Å². The molecular weight excluding hydrogens is 436 g/mol. The molecule has 1 heterocycles. The van der Waals surface area contributed by atoms with E-state index in [1.807, 2.05) is 0 Å². The summed E-state index contributed by atoms with van der Waals surface area (Å²) < 4.78 is 5.60. The number of carboxylic acid groups (broad SMARTS) is 2. The monoisotopic (exact) mass is 448 g/mol. The average Bonchev–Trinajstić information content (AvgIpc) is 3.03. The van der Waals surface area contributed by atoms with E-state index in [4.69, 9.17) is 4.74 Å². The lowest BCUT2D eigenvalue weighted by atomic mass is 10.1. The summed E-state index contributed by atoms with van der Waals surface area (Å²) in [5, 5.41) is 29.3. The second-order valence-corrected chi connectivity index (χ2v) is 6.89. The van der Waals surface area contributed by atoms with E-state index < -0.39 is 39.8 Å². The summed E-state index contributed by atoms with van der Waals surface area (Å²) in [5.41, 5.74) is -1.13. The molecule has 0 radical (unpaired) electrons. The van der Waals surface area contributed by atoms with Crippen LogP contribution in [-0.2, 0) is 0 Å². The van der Waals surface area contributed by atoms with Gasteiger partial charge in [-0.25, -0.2) is 14.5 Å². The third-order valence-corrected chi connectivity index (χ3v) is 4.81. The highest BCUT2D eigenvalue weighted by Crippen LogP contribution is 2.33. The number of anilines is 1. The standard InChI is InChI=1S/C22H12N2O9/c25-19-17-6-5-16(33-15-3-1-13(2-4-15)24(31)32)10-18(17)20(26)23(19)14-8-11(21(27)28)7-12(9-14)22(29)30/h1-10H,(H,27,28)(H,29,30). The minimum absolute atomic E-state index is 0.0219. The van der Waals surface area contributed by atoms with Crippen LogP contribution in [0.2, 0.25) is 0 Å². The van der Waals surface area contributed by atoms with Crippen molar-refractivity contribution in [2.75, 3.05) is 4.90 Å². The summed E-state index contributed by atoms with van der Waals surface area (Å²) >= 11 is 0. The topological polar surface area (TPSA) is 164 Å². The summed E-state index contributed by atoms with van der Waals surface area (Å²) in [4.78, 5) is 59.4. The predicted molar refractivity (Wildman–Crippen MR) is 111 cm³/mol. The number of rotatable bonds is 6. The molecule has 0 atom stereocenters. The van der Waals surface area contributed by atoms with Gasteiger partial charge in [0, 0.05) is 12.1 Å². The lowest BCUT2D eigenvalue weighted by molar-refractivity contribution is -0.384. The highest BCUT2D eigenvalue weighted by molar-refractivity contribution is 6.34. The van der Waals surface area contributed by atoms with Crippen molar-refractivity contribution >= 4 is 35.1 Å². The van der Waals surface area contributed by atoms with E-state index in [0.717, 1.165) is 18.2 Å². The molecule has 11 heteroatoms. The van der Waals surface area contributed by atoms with Gasteiger partial charge < -0.3 is 14.9 Å². The molecule has 0 saturated carbocycles. The highest BCUT2D eigenvalue weighted by Gasteiger charge is 2.37. The third kappa shape index (κ3) is 3.85. The molecule has 0 fully saturated rings. The van der Waals surface area contributed by atoms with Crippen LogP contribution in [0.25, 0.3) is 0 Å². The number of amides is 2. The fraction of sp³-hybridized carbons (Fsp3) is 0.